The van der Waals surface area contributed by atoms with Gasteiger partial charge in [0.25, 0.3) is 11.8 Å². The number of carbonyl (C=O) groups is 2. The van der Waals surface area contributed by atoms with Crippen LogP contribution in [-0.2, 0) is 11.3 Å². The zero-order valence-corrected chi connectivity index (χ0v) is 18.7. The van der Waals surface area contributed by atoms with Crippen molar-refractivity contribution in [3.8, 4) is 11.1 Å². The van der Waals surface area contributed by atoms with Gasteiger partial charge in [0.05, 0.1) is 6.10 Å². The Bertz CT molecular complexity index is 1050. The first kappa shape index (κ1) is 24.1. The molecule has 5 N–H and O–H groups in total. The van der Waals surface area contributed by atoms with Crippen molar-refractivity contribution < 1.29 is 19.9 Å². The quantitative estimate of drug-likeness (QED) is 0.256. The molecule has 3 rings (SSSR count). The van der Waals surface area contributed by atoms with Crippen LogP contribution in [0.1, 0.15) is 41.4 Å². The van der Waals surface area contributed by atoms with E-state index in [1.165, 1.54) is 23.5 Å². The Morgan fingerprint density at radius 1 is 0.848 bits per heavy atom. The number of carbonyl (C=O) groups excluding carboxylic acids is 2. The van der Waals surface area contributed by atoms with Crippen LogP contribution >= 0.6 is 0 Å². The average molecular weight is 448 g/mol. The second-order valence-corrected chi connectivity index (χ2v) is 7.96. The minimum Gasteiger partial charge on any atom is -0.391 e. The van der Waals surface area contributed by atoms with Crippen molar-refractivity contribution in [1.29, 1.82) is 0 Å². The van der Waals surface area contributed by atoms with Crippen molar-refractivity contribution >= 4 is 11.8 Å². The van der Waals surface area contributed by atoms with E-state index in [1.807, 2.05) is 42.5 Å². The van der Waals surface area contributed by atoms with E-state index in [2.05, 4.69) is 41.8 Å². The molecule has 2 amide bonds. The van der Waals surface area contributed by atoms with Gasteiger partial charge in [-0.25, -0.2) is 5.48 Å². The third kappa shape index (κ3) is 6.49. The Morgan fingerprint density at radius 2 is 1.42 bits per heavy atom. The molecule has 0 saturated heterocycles. The van der Waals surface area contributed by atoms with Crippen molar-refractivity contribution in [3.63, 3.8) is 0 Å². The maximum atomic E-state index is 12.4. The smallest absolute Gasteiger partial charge is 0.268 e. The standard InChI is InChI=1S/C26H29N3O4/c1-17(20-6-4-3-5-7-20)27-16-19-8-10-21(11-9-19)22-12-14-23(15-13-22)25(31)28-24(18(2)30)26(32)29-33/h3-15,17-18,24,27,30,33H,16H2,1-2H3,(H,28,31)(H,29,32)/t17-,18+,24-/m0/s1. The fraction of sp³-hybridized carbons (Fsp3) is 0.231. The molecule has 0 saturated carbocycles. The summed E-state index contributed by atoms with van der Waals surface area (Å²) in [5.41, 5.74) is 6.16. The molecule has 0 spiro atoms. The third-order valence-corrected chi connectivity index (χ3v) is 5.51. The van der Waals surface area contributed by atoms with Crippen molar-refractivity contribution in [3.05, 3.63) is 95.6 Å². The summed E-state index contributed by atoms with van der Waals surface area (Å²) in [7, 11) is 0. The van der Waals surface area contributed by atoms with Crippen LogP contribution in [0, 0.1) is 0 Å². The van der Waals surface area contributed by atoms with Crippen molar-refractivity contribution in [2.24, 2.45) is 0 Å². The number of hydrogen-bond donors (Lipinski definition) is 5. The maximum absolute atomic E-state index is 12.4. The van der Waals surface area contributed by atoms with E-state index in [4.69, 9.17) is 5.21 Å². The molecule has 33 heavy (non-hydrogen) atoms. The molecule has 0 radical (unpaired) electrons. The van der Waals surface area contributed by atoms with E-state index in [0.717, 1.165) is 17.7 Å². The molecular formula is C26H29N3O4. The molecule has 0 aromatic heterocycles. The lowest BCUT2D eigenvalue weighted by Gasteiger charge is -2.19. The van der Waals surface area contributed by atoms with E-state index in [0.29, 0.717) is 5.56 Å². The van der Waals surface area contributed by atoms with Crippen molar-refractivity contribution in [2.45, 2.75) is 38.6 Å². The molecule has 0 aliphatic carbocycles. The number of amides is 2. The fourth-order valence-corrected chi connectivity index (χ4v) is 3.46. The van der Waals surface area contributed by atoms with E-state index in [9.17, 15) is 14.7 Å². The monoisotopic (exact) mass is 447 g/mol. The van der Waals surface area contributed by atoms with Crippen molar-refractivity contribution in [1.82, 2.24) is 16.1 Å². The lowest BCUT2D eigenvalue weighted by Crippen LogP contribution is -2.51. The van der Waals surface area contributed by atoms with Gasteiger partial charge in [0.2, 0.25) is 0 Å². The summed E-state index contributed by atoms with van der Waals surface area (Å²) in [5, 5.41) is 24.4. The summed E-state index contributed by atoms with van der Waals surface area (Å²) in [5.74, 6) is -1.41. The summed E-state index contributed by atoms with van der Waals surface area (Å²) < 4.78 is 0. The Kier molecular flexibility index (Phi) is 8.32. The largest absolute Gasteiger partial charge is 0.391 e. The Morgan fingerprint density at radius 3 is 1.97 bits per heavy atom. The van der Waals surface area contributed by atoms with E-state index in [1.54, 1.807) is 12.1 Å². The molecule has 0 aliphatic heterocycles. The van der Waals surface area contributed by atoms with E-state index in [-0.39, 0.29) is 6.04 Å². The molecule has 0 fully saturated rings. The molecule has 7 nitrogen and oxygen atoms in total. The van der Waals surface area contributed by atoms with E-state index >= 15 is 0 Å². The summed E-state index contributed by atoms with van der Waals surface area (Å²) in [6.07, 6.45) is -1.16. The first-order valence-corrected chi connectivity index (χ1v) is 10.8. The molecule has 7 heteroatoms. The van der Waals surface area contributed by atoms with Gasteiger partial charge in [-0.15, -0.1) is 0 Å². The van der Waals surface area contributed by atoms with Gasteiger partial charge >= 0.3 is 0 Å². The highest BCUT2D eigenvalue weighted by Crippen LogP contribution is 2.21. The molecule has 172 valence electrons. The third-order valence-electron chi connectivity index (χ3n) is 5.51. The number of hydrogen-bond acceptors (Lipinski definition) is 5. The zero-order valence-electron chi connectivity index (χ0n) is 18.7. The van der Waals surface area contributed by atoms with Gasteiger partial charge in [-0.2, -0.15) is 0 Å². The van der Waals surface area contributed by atoms with Crippen LogP contribution in [-0.4, -0.2) is 34.3 Å². The topological polar surface area (TPSA) is 111 Å². The summed E-state index contributed by atoms with van der Waals surface area (Å²) in [6.45, 7) is 4.24. The Balaban J connectivity index is 1.60. The predicted octanol–water partition coefficient (Wildman–Crippen LogP) is 3.19. The number of rotatable bonds is 9. The molecule has 3 aromatic rings. The summed E-state index contributed by atoms with van der Waals surface area (Å²) in [6, 6.07) is 24.5. The van der Waals surface area contributed by atoms with Crippen LogP contribution in [0.4, 0.5) is 0 Å². The summed E-state index contributed by atoms with van der Waals surface area (Å²) in [4.78, 5) is 24.0. The minimum absolute atomic E-state index is 0.251. The SMILES string of the molecule is C[C@H](NCc1ccc(-c2ccc(C(=O)N[C@H](C(=O)NO)[C@@H](C)O)cc2)cc1)c1ccccc1. The van der Waals surface area contributed by atoms with Crippen LogP contribution < -0.4 is 16.1 Å². The number of benzene rings is 3. The number of hydroxylamine groups is 1. The first-order valence-electron chi connectivity index (χ1n) is 10.8. The Hall–Kier alpha value is -3.52. The number of nitrogens with one attached hydrogen (secondary N) is 3. The van der Waals surface area contributed by atoms with Crippen LogP contribution in [0.15, 0.2) is 78.9 Å². The highest BCUT2D eigenvalue weighted by Gasteiger charge is 2.25. The molecule has 3 aromatic carbocycles. The van der Waals surface area contributed by atoms with Gasteiger partial charge in [-0.1, -0.05) is 66.7 Å². The van der Waals surface area contributed by atoms with Crippen molar-refractivity contribution in [2.75, 3.05) is 0 Å². The predicted molar refractivity (Wildman–Crippen MR) is 126 cm³/mol. The highest BCUT2D eigenvalue weighted by atomic mass is 16.5. The fourth-order valence-electron chi connectivity index (χ4n) is 3.46. The summed E-state index contributed by atoms with van der Waals surface area (Å²) >= 11 is 0. The van der Waals surface area contributed by atoms with Gasteiger partial charge in [0.1, 0.15) is 6.04 Å². The van der Waals surface area contributed by atoms with Gasteiger partial charge < -0.3 is 15.7 Å². The van der Waals surface area contributed by atoms with Crippen LogP contribution in [0.2, 0.25) is 0 Å². The lowest BCUT2D eigenvalue weighted by atomic mass is 10.0. The second kappa shape index (κ2) is 11.4. The molecule has 0 bridgehead atoms. The van der Waals surface area contributed by atoms with Gasteiger partial charge in [-0.3, -0.25) is 14.8 Å². The van der Waals surface area contributed by atoms with Crippen LogP contribution in [0.5, 0.6) is 0 Å². The lowest BCUT2D eigenvalue weighted by molar-refractivity contribution is -0.133. The normalized spacial score (nSPS) is 13.6. The molecule has 0 aliphatic rings. The second-order valence-electron chi connectivity index (χ2n) is 7.96. The van der Waals surface area contributed by atoms with Gasteiger partial charge in [0.15, 0.2) is 0 Å². The van der Waals surface area contributed by atoms with Crippen LogP contribution in [0.25, 0.3) is 11.1 Å². The minimum atomic E-state index is -1.26. The molecule has 3 atom stereocenters. The highest BCUT2D eigenvalue weighted by molar-refractivity contribution is 5.97. The molecule has 0 unspecified atom stereocenters. The Labute approximate surface area is 193 Å². The average Bonchev–Trinajstić information content (AvgIpc) is 2.86. The van der Waals surface area contributed by atoms with Crippen LogP contribution in [0.3, 0.4) is 0 Å². The van der Waals surface area contributed by atoms with Gasteiger partial charge in [-0.05, 0) is 48.2 Å². The van der Waals surface area contributed by atoms with Gasteiger partial charge in [0, 0.05) is 18.2 Å². The first-order chi connectivity index (χ1) is 15.9. The number of aliphatic hydroxyl groups excluding tert-OH is 1. The zero-order chi connectivity index (χ0) is 23.8. The maximum Gasteiger partial charge on any atom is 0.268 e. The molecular weight excluding hydrogens is 418 g/mol. The molecule has 0 heterocycles. The van der Waals surface area contributed by atoms with E-state index < -0.39 is 24.0 Å². The number of aliphatic hydroxyl groups is 1.